The van der Waals surface area contributed by atoms with E-state index in [4.69, 9.17) is 24.8 Å². The van der Waals surface area contributed by atoms with Gasteiger partial charge in [0.1, 0.15) is 12.6 Å². The summed E-state index contributed by atoms with van der Waals surface area (Å²) in [6.45, 7) is 2.68. The van der Waals surface area contributed by atoms with Gasteiger partial charge in [0.05, 0.1) is 13.2 Å². The van der Waals surface area contributed by atoms with Crippen LogP contribution >= 0.6 is 7.82 Å². The zero-order valence-corrected chi connectivity index (χ0v) is 36.8. The molecule has 0 bridgehead atoms. The molecule has 0 rings (SSSR count). The highest BCUT2D eigenvalue weighted by Gasteiger charge is 2.28. The van der Waals surface area contributed by atoms with Gasteiger partial charge in [0, 0.05) is 12.8 Å². The van der Waals surface area contributed by atoms with Crippen molar-refractivity contribution in [2.45, 2.75) is 180 Å². The average molecular weight is 836 g/mol. The first-order valence-electron chi connectivity index (χ1n) is 22.0. The number of nitrogens with two attached hydrogens (primary N) is 1. The van der Waals surface area contributed by atoms with Crippen LogP contribution in [0.4, 0.5) is 0 Å². The van der Waals surface area contributed by atoms with Crippen LogP contribution in [0, 0.1) is 0 Å². The van der Waals surface area contributed by atoms with Gasteiger partial charge in [-0.2, -0.15) is 0 Å². The molecule has 0 aliphatic carbocycles. The van der Waals surface area contributed by atoms with Crippen LogP contribution in [0.1, 0.15) is 168 Å². The third-order valence-electron chi connectivity index (χ3n) is 8.93. The van der Waals surface area contributed by atoms with E-state index in [1.165, 1.54) is 57.8 Å². The Morgan fingerprint density at radius 1 is 0.534 bits per heavy atom. The molecule has 0 amide bonds. The fourth-order valence-corrected chi connectivity index (χ4v) is 6.22. The molecule has 0 radical (unpaired) electrons. The molecule has 0 heterocycles. The highest BCUT2D eigenvalue weighted by molar-refractivity contribution is 7.47. The van der Waals surface area contributed by atoms with Crippen molar-refractivity contribution in [3.63, 3.8) is 0 Å². The number of allylic oxidation sites excluding steroid dienone is 12. The highest BCUT2D eigenvalue weighted by atomic mass is 31.2. The second-order valence-electron chi connectivity index (χ2n) is 14.5. The number of rotatable bonds is 40. The Morgan fingerprint density at radius 3 is 1.41 bits per heavy atom. The standard InChI is InChI=1S/C46H78NO10P/c1-3-5-7-9-11-13-15-17-19-21-23-25-27-29-31-33-35-37-44(48)54-39-42(40-55-58(52,53)56-41-43(47)46(50)51)57-45(49)38-36-34-32-30-28-26-24-22-20-18-16-14-12-10-8-6-4-2/h11-14,17-20,24,26,30,32,42-43H,3-10,15-16,21-23,25,27-29,31,33-41,47H2,1-2H3,(H,50,51)(H,52,53)/b13-11+,14-12+,19-17+,20-18+,26-24+,32-30+/t42-,43+/m1/s1. The Bertz CT molecular complexity index is 1260. The summed E-state index contributed by atoms with van der Waals surface area (Å²) in [5.41, 5.74) is 5.33. The van der Waals surface area contributed by atoms with Gasteiger partial charge in [0.2, 0.25) is 0 Å². The fourth-order valence-electron chi connectivity index (χ4n) is 5.44. The molecule has 3 atom stereocenters. The number of phosphoric ester groups is 1. The summed E-state index contributed by atoms with van der Waals surface area (Å²) in [5, 5.41) is 8.89. The van der Waals surface area contributed by atoms with Gasteiger partial charge in [-0.05, 0) is 83.5 Å². The van der Waals surface area contributed by atoms with E-state index in [0.717, 1.165) is 64.2 Å². The van der Waals surface area contributed by atoms with Gasteiger partial charge in [0.25, 0.3) is 0 Å². The normalized spacial score (nSPS) is 14.4. The predicted octanol–water partition coefficient (Wildman–Crippen LogP) is 11.7. The molecular formula is C46H78NO10P. The lowest BCUT2D eigenvalue weighted by Gasteiger charge is -2.20. The van der Waals surface area contributed by atoms with Crippen LogP contribution in [0.2, 0.25) is 0 Å². The summed E-state index contributed by atoms with van der Waals surface area (Å²) in [6, 6.07) is -1.53. The first-order valence-corrected chi connectivity index (χ1v) is 23.5. The highest BCUT2D eigenvalue weighted by Crippen LogP contribution is 2.43. The van der Waals surface area contributed by atoms with Crippen LogP contribution in [0.25, 0.3) is 0 Å². The summed E-state index contributed by atoms with van der Waals surface area (Å²) in [5.74, 6) is -2.47. The molecule has 58 heavy (non-hydrogen) atoms. The smallest absolute Gasteiger partial charge is 0.472 e. The van der Waals surface area contributed by atoms with Gasteiger partial charge in [-0.25, -0.2) is 4.57 Å². The number of hydrogen-bond donors (Lipinski definition) is 3. The first-order chi connectivity index (χ1) is 28.1. The number of carbonyl (C=O) groups is 3. The van der Waals surface area contributed by atoms with E-state index in [9.17, 15) is 23.8 Å². The van der Waals surface area contributed by atoms with Gasteiger partial charge < -0.3 is 25.2 Å². The Kier molecular flexibility index (Phi) is 38.5. The second kappa shape index (κ2) is 40.7. The number of carbonyl (C=O) groups excluding carboxylic acids is 2. The number of aliphatic carboxylic acids is 1. The zero-order chi connectivity index (χ0) is 42.8. The van der Waals surface area contributed by atoms with Crippen molar-refractivity contribution in [2.75, 3.05) is 19.8 Å². The van der Waals surface area contributed by atoms with E-state index in [0.29, 0.717) is 19.3 Å². The van der Waals surface area contributed by atoms with Gasteiger partial charge in [-0.1, -0.05) is 145 Å². The van der Waals surface area contributed by atoms with Crippen LogP contribution in [-0.4, -0.2) is 59.9 Å². The van der Waals surface area contributed by atoms with Gasteiger partial charge in [0.15, 0.2) is 6.10 Å². The summed E-state index contributed by atoms with van der Waals surface area (Å²) >= 11 is 0. The molecule has 1 unspecified atom stereocenters. The van der Waals surface area contributed by atoms with E-state index in [-0.39, 0.29) is 19.4 Å². The summed E-state index contributed by atoms with van der Waals surface area (Å²) < 4.78 is 32.6. The van der Waals surface area contributed by atoms with E-state index in [1.54, 1.807) is 0 Å². The Hall–Kier alpha value is -3.08. The third kappa shape index (κ3) is 39.7. The van der Waals surface area contributed by atoms with E-state index in [2.05, 4.69) is 79.1 Å². The van der Waals surface area contributed by atoms with Crippen molar-refractivity contribution in [1.82, 2.24) is 0 Å². The molecule has 0 aromatic heterocycles. The molecule has 332 valence electrons. The first kappa shape index (κ1) is 54.9. The van der Waals surface area contributed by atoms with Crippen molar-refractivity contribution >= 4 is 25.7 Å². The maximum atomic E-state index is 12.6. The van der Waals surface area contributed by atoms with Crippen LogP contribution < -0.4 is 5.73 Å². The number of hydrogen-bond acceptors (Lipinski definition) is 9. The molecule has 0 spiro atoms. The molecule has 12 heteroatoms. The summed E-state index contributed by atoms with van der Waals surface area (Å²) in [4.78, 5) is 45.9. The van der Waals surface area contributed by atoms with Crippen LogP contribution in [-0.2, 0) is 37.5 Å². The Morgan fingerprint density at radius 2 is 0.931 bits per heavy atom. The lowest BCUT2D eigenvalue weighted by Crippen LogP contribution is -2.34. The average Bonchev–Trinajstić information content (AvgIpc) is 3.20. The van der Waals surface area contributed by atoms with Crippen molar-refractivity contribution in [2.24, 2.45) is 5.73 Å². The van der Waals surface area contributed by atoms with Crippen LogP contribution in [0.3, 0.4) is 0 Å². The lowest BCUT2D eigenvalue weighted by molar-refractivity contribution is -0.161. The molecule has 0 fully saturated rings. The Labute approximate surface area is 350 Å². The minimum Gasteiger partial charge on any atom is -0.480 e. The number of carboxylic acids is 1. The zero-order valence-electron chi connectivity index (χ0n) is 35.9. The maximum absolute atomic E-state index is 12.6. The van der Waals surface area contributed by atoms with Crippen molar-refractivity contribution < 1.29 is 47.5 Å². The Balaban J connectivity index is 4.48. The molecular weight excluding hydrogens is 757 g/mol. The molecule has 0 aromatic rings. The molecule has 0 aliphatic heterocycles. The number of esters is 2. The van der Waals surface area contributed by atoms with E-state index in [1.807, 2.05) is 12.2 Å². The van der Waals surface area contributed by atoms with Crippen molar-refractivity contribution in [3.05, 3.63) is 72.9 Å². The van der Waals surface area contributed by atoms with Gasteiger partial charge >= 0.3 is 25.7 Å². The van der Waals surface area contributed by atoms with Crippen LogP contribution in [0.5, 0.6) is 0 Å². The van der Waals surface area contributed by atoms with Crippen molar-refractivity contribution in [1.29, 1.82) is 0 Å². The molecule has 0 aliphatic rings. The monoisotopic (exact) mass is 836 g/mol. The number of phosphoric acid groups is 1. The number of unbranched alkanes of at least 4 members (excludes halogenated alkanes) is 14. The second-order valence-corrected chi connectivity index (χ2v) is 15.9. The van der Waals surface area contributed by atoms with E-state index >= 15 is 0 Å². The minimum absolute atomic E-state index is 0.0801. The third-order valence-corrected chi connectivity index (χ3v) is 9.88. The fraction of sp³-hybridized carbons (Fsp3) is 0.674. The molecule has 11 nitrogen and oxygen atoms in total. The molecule has 0 saturated heterocycles. The SMILES string of the molecule is CCCCC/C=C/C/C=C/C/C=C/C/C=C/CCCC(=O)O[C@H](COC(=O)CCCCCCCCC/C=C/C/C=C/CCCCC)COP(=O)(O)OC[C@H](N)C(=O)O. The van der Waals surface area contributed by atoms with Crippen LogP contribution in [0.15, 0.2) is 72.9 Å². The predicted molar refractivity (Wildman–Crippen MR) is 235 cm³/mol. The summed E-state index contributed by atoms with van der Waals surface area (Å²) in [7, 11) is -4.74. The lowest BCUT2D eigenvalue weighted by atomic mass is 10.1. The number of ether oxygens (including phenoxy) is 2. The molecule has 4 N–H and O–H groups in total. The van der Waals surface area contributed by atoms with Gasteiger partial charge in [-0.15, -0.1) is 0 Å². The molecule has 0 aromatic carbocycles. The summed E-state index contributed by atoms with van der Waals surface area (Å²) in [6.07, 6.45) is 48.2. The topological polar surface area (TPSA) is 172 Å². The van der Waals surface area contributed by atoms with E-state index < -0.39 is 51.1 Å². The minimum atomic E-state index is -4.74. The number of carboxylic acid groups (broad SMARTS) is 1. The largest absolute Gasteiger partial charge is 0.480 e. The van der Waals surface area contributed by atoms with Gasteiger partial charge in [-0.3, -0.25) is 23.4 Å². The quantitative estimate of drug-likeness (QED) is 0.0232. The van der Waals surface area contributed by atoms with Crippen molar-refractivity contribution in [3.8, 4) is 0 Å². The molecule has 0 saturated carbocycles. The maximum Gasteiger partial charge on any atom is 0.472 e.